The van der Waals surface area contributed by atoms with Gasteiger partial charge in [-0.1, -0.05) is 271 Å². The summed E-state index contributed by atoms with van der Waals surface area (Å²) >= 11 is 0. The van der Waals surface area contributed by atoms with Crippen LogP contribution >= 0.6 is 15.6 Å². The lowest BCUT2D eigenvalue weighted by molar-refractivity contribution is -0.161. The zero-order valence-corrected chi connectivity index (χ0v) is 63.0. The van der Waals surface area contributed by atoms with Gasteiger partial charge in [-0.25, -0.2) is 9.13 Å². The third kappa shape index (κ3) is 69.9. The standard InChI is InChI=1S/C79H134O17P2/c1-5-9-13-17-21-25-29-32-35-36-39-41-45-48-52-56-60-64-77(82)90-70-75(96-79(84)66-62-58-54-50-46-42-38-34-31-27-23-19-15-11-7-3)72-94-98(87,88)92-68-73(80)67-91-97(85,86)93-71-74(95-78(83)65-61-57-53-49-43-28-24-20-16-12-8-4)69-89-76(81)63-59-55-51-47-44-40-37-33-30-26-22-18-14-10-6-2/h9-10,13-14,20-22,24-26,32-33,35,37,39,41,44,47-48,52,73-75,80H,5-8,11-12,15-19,23,27-31,34,36,38,40,42-43,45-46,49-51,53-72H2,1-4H3,(H,85,86)(H,87,88)/b13-9-,14-10-,24-20-,25-21-,26-22-,35-32-,37-33-,41-39-,47-44-,52-48-. The summed E-state index contributed by atoms with van der Waals surface area (Å²) in [6.07, 6.45) is 76.4. The second kappa shape index (κ2) is 70.9. The van der Waals surface area contributed by atoms with Crippen LogP contribution in [0.25, 0.3) is 0 Å². The van der Waals surface area contributed by atoms with Gasteiger partial charge in [-0.05, 0) is 122 Å². The van der Waals surface area contributed by atoms with E-state index in [1.807, 2.05) is 12.2 Å². The molecule has 17 nitrogen and oxygen atoms in total. The van der Waals surface area contributed by atoms with E-state index in [9.17, 15) is 43.2 Å². The molecule has 0 spiro atoms. The van der Waals surface area contributed by atoms with Crippen LogP contribution in [0.1, 0.15) is 297 Å². The summed E-state index contributed by atoms with van der Waals surface area (Å²) in [6.45, 7) is 4.49. The summed E-state index contributed by atoms with van der Waals surface area (Å²) in [5.74, 6) is -2.30. The summed E-state index contributed by atoms with van der Waals surface area (Å²) in [4.78, 5) is 72.7. The number of hydrogen-bond donors (Lipinski definition) is 3. The molecule has 19 heteroatoms. The predicted octanol–water partition coefficient (Wildman–Crippen LogP) is 21.6. The van der Waals surface area contributed by atoms with E-state index >= 15 is 0 Å². The topological polar surface area (TPSA) is 237 Å². The fourth-order valence-corrected chi connectivity index (χ4v) is 11.3. The van der Waals surface area contributed by atoms with Crippen LogP contribution in [0.5, 0.6) is 0 Å². The average molecular weight is 1420 g/mol. The smallest absolute Gasteiger partial charge is 0.462 e. The van der Waals surface area contributed by atoms with E-state index in [-0.39, 0.29) is 25.7 Å². The Morgan fingerprint density at radius 3 is 0.918 bits per heavy atom. The maximum Gasteiger partial charge on any atom is 0.472 e. The lowest BCUT2D eigenvalue weighted by Crippen LogP contribution is -2.30. The molecular weight excluding hydrogens is 1280 g/mol. The van der Waals surface area contributed by atoms with Gasteiger partial charge in [0.05, 0.1) is 26.4 Å². The number of unbranched alkanes of at least 4 members (excludes halogenated alkanes) is 24. The minimum absolute atomic E-state index is 0.0723. The number of ether oxygens (including phenoxy) is 4. The highest BCUT2D eigenvalue weighted by Crippen LogP contribution is 2.45. The summed E-state index contributed by atoms with van der Waals surface area (Å²) in [6, 6.07) is 0. The molecule has 0 fully saturated rings. The third-order valence-electron chi connectivity index (χ3n) is 15.4. The highest BCUT2D eigenvalue weighted by Gasteiger charge is 2.30. The molecule has 0 radical (unpaired) electrons. The number of aliphatic hydroxyl groups excluding tert-OH is 1. The van der Waals surface area contributed by atoms with Crippen molar-refractivity contribution in [3.05, 3.63) is 122 Å². The summed E-state index contributed by atoms with van der Waals surface area (Å²) in [7, 11) is -9.97. The van der Waals surface area contributed by atoms with Gasteiger partial charge in [-0.2, -0.15) is 0 Å². The van der Waals surface area contributed by atoms with Crippen LogP contribution in [-0.4, -0.2) is 96.7 Å². The Balaban J connectivity index is 5.41. The maximum absolute atomic E-state index is 13.1. The van der Waals surface area contributed by atoms with E-state index < -0.39 is 97.5 Å². The first-order chi connectivity index (χ1) is 47.7. The van der Waals surface area contributed by atoms with E-state index in [4.69, 9.17) is 37.0 Å². The van der Waals surface area contributed by atoms with Crippen molar-refractivity contribution in [3.63, 3.8) is 0 Å². The van der Waals surface area contributed by atoms with Gasteiger partial charge in [0, 0.05) is 25.7 Å². The lowest BCUT2D eigenvalue weighted by Gasteiger charge is -2.21. The third-order valence-corrected chi connectivity index (χ3v) is 17.3. The van der Waals surface area contributed by atoms with Crippen molar-refractivity contribution in [2.75, 3.05) is 39.6 Å². The lowest BCUT2D eigenvalue weighted by atomic mass is 10.0. The summed E-state index contributed by atoms with van der Waals surface area (Å²) in [5.41, 5.74) is 0. The number of carbonyl (C=O) groups excluding carboxylic acids is 4. The second-order valence-electron chi connectivity index (χ2n) is 24.8. The van der Waals surface area contributed by atoms with Gasteiger partial charge in [0.15, 0.2) is 12.2 Å². The number of aliphatic hydroxyl groups is 1. The van der Waals surface area contributed by atoms with Gasteiger partial charge < -0.3 is 33.8 Å². The first-order valence-corrected chi connectivity index (χ1v) is 40.8. The van der Waals surface area contributed by atoms with E-state index in [2.05, 4.69) is 137 Å². The number of allylic oxidation sites excluding steroid dienone is 20. The van der Waals surface area contributed by atoms with Crippen LogP contribution in [-0.2, 0) is 65.4 Å². The Bertz CT molecular complexity index is 2340. The van der Waals surface area contributed by atoms with E-state index in [0.29, 0.717) is 32.1 Å². The molecule has 98 heavy (non-hydrogen) atoms. The van der Waals surface area contributed by atoms with Crippen molar-refractivity contribution in [3.8, 4) is 0 Å². The van der Waals surface area contributed by atoms with Crippen LogP contribution in [0.15, 0.2) is 122 Å². The Morgan fingerprint density at radius 1 is 0.296 bits per heavy atom. The van der Waals surface area contributed by atoms with Crippen LogP contribution in [0, 0.1) is 0 Å². The number of phosphoric ester groups is 2. The maximum atomic E-state index is 13.1. The zero-order valence-electron chi connectivity index (χ0n) is 61.2. The Hall–Kier alpha value is -4.54. The van der Waals surface area contributed by atoms with Gasteiger partial charge in [0.1, 0.15) is 19.3 Å². The van der Waals surface area contributed by atoms with E-state index in [1.165, 1.54) is 77.0 Å². The van der Waals surface area contributed by atoms with Gasteiger partial charge in [-0.15, -0.1) is 0 Å². The minimum atomic E-state index is -4.99. The number of rotatable bonds is 70. The molecule has 0 aliphatic heterocycles. The molecule has 0 aromatic heterocycles. The van der Waals surface area contributed by atoms with Crippen molar-refractivity contribution in [2.24, 2.45) is 0 Å². The Morgan fingerprint density at radius 2 is 0.551 bits per heavy atom. The van der Waals surface area contributed by atoms with E-state index in [1.54, 1.807) is 0 Å². The van der Waals surface area contributed by atoms with Crippen molar-refractivity contribution < 1.29 is 80.2 Å². The molecule has 0 amide bonds. The largest absolute Gasteiger partial charge is 0.472 e. The zero-order chi connectivity index (χ0) is 71.8. The van der Waals surface area contributed by atoms with Crippen molar-refractivity contribution in [1.82, 2.24) is 0 Å². The molecule has 5 atom stereocenters. The van der Waals surface area contributed by atoms with Gasteiger partial charge in [0.2, 0.25) is 0 Å². The fraction of sp³-hybridized carbons (Fsp3) is 0.696. The highest BCUT2D eigenvalue weighted by atomic mass is 31.2. The Kier molecular flexibility index (Phi) is 67.6. The van der Waals surface area contributed by atoms with Crippen molar-refractivity contribution in [1.29, 1.82) is 0 Å². The van der Waals surface area contributed by atoms with Gasteiger partial charge in [0.25, 0.3) is 0 Å². The quantitative estimate of drug-likeness (QED) is 0.0169. The fourth-order valence-electron chi connectivity index (χ4n) is 9.70. The van der Waals surface area contributed by atoms with Gasteiger partial charge in [-0.3, -0.25) is 37.3 Å². The highest BCUT2D eigenvalue weighted by molar-refractivity contribution is 7.47. The monoisotopic (exact) mass is 1420 g/mol. The SMILES string of the molecule is CC/C=C\C/C=C\C/C=C\C/C=C\C/C=C\CCCC(=O)OCC(COP(=O)(O)OCC(O)COP(=O)(O)OCC(COC(=O)CCCC/C=C\C/C=C\C/C=C\C/C=C\CC)OC(=O)CCCCCCC/C=C\CCCC)OC(=O)CCCCCCCCCCCCCCCCC. The average Bonchev–Trinajstić information content (AvgIpc) is 0.986. The molecule has 0 rings (SSSR count). The number of carbonyl (C=O) groups is 4. The van der Waals surface area contributed by atoms with E-state index in [0.717, 1.165) is 135 Å². The molecule has 3 N–H and O–H groups in total. The van der Waals surface area contributed by atoms with Gasteiger partial charge >= 0.3 is 39.5 Å². The molecule has 0 saturated heterocycles. The number of hydrogen-bond acceptors (Lipinski definition) is 15. The molecule has 5 unspecified atom stereocenters. The van der Waals surface area contributed by atoms with Crippen LogP contribution in [0.4, 0.5) is 0 Å². The molecule has 0 aromatic rings. The molecule has 0 aliphatic carbocycles. The summed E-state index contributed by atoms with van der Waals surface area (Å²) < 4.78 is 68.3. The molecular formula is C79H134O17P2. The molecule has 562 valence electrons. The van der Waals surface area contributed by atoms with Crippen LogP contribution in [0.3, 0.4) is 0 Å². The predicted molar refractivity (Wildman–Crippen MR) is 399 cm³/mol. The first-order valence-electron chi connectivity index (χ1n) is 37.8. The molecule has 0 aromatic carbocycles. The van der Waals surface area contributed by atoms with Crippen LogP contribution < -0.4 is 0 Å². The minimum Gasteiger partial charge on any atom is -0.462 e. The molecule has 0 heterocycles. The van der Waals surface area contributed by atoms with Crippen molar-refractivity contribution >= 4 is 39.5 Å². The Labute approximate surface area is 593 Å². The van der Waals surface area contributed by atoms with Crippen LogP contribution in [0.2, 0.25) is 0 Å². The summed E-state index contributed by atoms with van der Waals surface area (Å²) in [5, 5.41) is 10.6. The number of phosphoric acid groups is 2. The molecule has 0 aliphatic rings. The molecule has 0 bridgehead atoms. The first kappa shape index (κ1) is 93.5. The number of esters is 4. The molecule has 0 saturated carbocycles. The second-order valence-corrected chi connectivity index (χ2v) is 27.7. The normalized spacial score (nSPS) is 14.6. The van der Waals surface area contributed by atoms with Crippen molar-refractivity contribution in [2.45, 2.75) is 316 Å².